The first-order valence-electron chi connectivity index (χ1n) is 8.38. The van der Waals surface area contributed by atoms with Gasteiger partial charge in [0.2, 0.25) is 0 Å². The first-order chi connectivity index (χ1) is 11.1. The third-order valence-electron chi connectivity index (χ3n) is 5.13. The van der Waals surface area contributed by atoms with E-state index in [1.54, 1.807) is 0 Å². The van der Waals surface area contributed by atoms with Crippen LogP contribution in [0.2, 0.25) is 0 Å². The summed E-state index contributed by atoms with van der Waals surface area (Å²) in [7, 11) is 4.08. The van der Waals surface area contributed by atoms with E-state index in [0.29, 0.717) is 18.4 Å². The van der Waals surface area contributed by atoms with Gasteiger partial charge in [0.25, 0.3) is 0 Å². The van der Waals surface area contributed by atoms with E-state index in [-0.39, 0.29) is 5.92 Å². The number of benzene rings is 1. The highest BCUT2D eigenvalue weighted by Crippen LogP contribution is 2.46. The van der Waals surface area contributed by atoms with E-state index >= 15 is 0 Å². The molecule has 1 aromatic rings. The van der Waals surface area contributed by atoms with Gasteiger partial charge in [-0.05, 0) is 49.6 Å². The number of hydroxylamine groups is 1. The molecule has 2 amide bonds. The minimum absolute atomic E-state index is 0.288. The molecule has 0 unspecified atom stereocenters. The molecule has 5 nitrogen and oxygen atoms in total. The Morgan fingerprint density at radius 1 is 1.30 bits per heavy atom. The minimum atomic E-state index is -0.417. The summed E-state index contributed by atoms with van der Waals surface area (Å²) in [6.45, 7) is 1.32. The number of hydrogen-bond donors (Lipinski definition) is 2. The van der Waals surface area contributed by atoms with Crippen LogP contribution in [-0.4, -0.2) is 47.2 Å². The average molecular weight is 316 g/mol. The van der Waals surface area contributed by atoms with Crippen molar-refractivity contribution in [3.63, 3.8) is 0 Å². The second-order valence-electron chi connectivity index (χ2n) is 7.02. The zero-order valence-electron chi connectivity index (χ0n) is 13.9. The number of carbonyl (C=O) groups is 1. The van der Waals surface area contributed by atoms with Gasteiger partial charge in [-0.3, -0.25) is 0 Å². The van der Waals surface area contributed by atoms with Gasteiger partial charge in [0.05, 0.1) is 0 Å². The Morgan fingerprint density at radius 3 is 2.74 bits per heavy atom. The van der Waals surface area contributed by atoms with Crippen molar-refractivity contribution in [2.24, 2.45) is 17.8 Å². The zero-order chi connectivity index (χ0) is 16.4. The Labute approximate surface area is 137 Å². The first kappa shape index (κ1) is 16.0. The predicted molar refractivity (Wildman–Crippen MR) is 88.6 cm³/mol. The van der Waals surface area contributed by atoms with Crippen LogP contribution in [0, 0.1) is 17.8 Å². The molecular formula is C18H26N3O2+. The van der Waals surface area contributed by atoms with Crippen molar-refractivity contribution >= 4 is 11.7 Å². The summed E-state index contributed by atoms with van der Waals surface area (Å²) in [5, 5.41) is 13.3. The molecule has 5 heteroatoms. The van der Waals surface area contributed by atoms with Crippen molar-refractivity contribution in [3.05, 3.63) is 35.9 Å². The van der Waals surface area contributed by atoms with E-state index in [2.05, 4.69) is 10.2 Å². The van der Waals surface area contributed by atoms with Crippen molar-refractivity contribution in [1.29, 1.82) is 0 Å². The summed E-state index contributed by atoms with van der Waals surface area (Å²) in [4.78, 5) is 14.5. The maximum Gasteiger partial charge on any atom is 0.530 e. The lowest BCUT2D eigenvalue weighted by Gasteiger charge is -2.25. The molecule has 1 aromatic carbocycles. The minimum Gasteiger partial charge on any atom is -0.347 e. The largest absolute Gasteiger partial charge is 0.530 e. The quantitative estimate of drug-likeness (QED) is 0.388. The van der Waals surface area contributed by atoms with Crippen LogP contribution in [0.25, 0.3) is 0 Å². The normalized spacial score (nSPS) is 28.2. The molecule has 3 atom stereocenters. The van der Waals surface area contributed by atoms with Crippen LogP contribution in [-0.2, 0) is 6.54 Å². The molecule has 2 bridgehead atoms. The summed E-state index contributed by atoms with van der Waals surface area (Å²) >= 11 is 0. The molecule has 2 aliphatic rings. The van der Waals surface area contributed by atoms with Gasteiger partial charge < -0.3 is 10.1 Å². The van der Waals surface area contributed by atoms with Crippen molar-refractivity contribution in [2.75, 3.05) is 20.6 Å². The third kappa shape index (κ3) is 3.39. The number of nitrogens with one attached hydrogen (secondary N) is 1. The summed E-state index contributed by atoms with van der Waals surface area (Å²) in [5.41, 5.74) is 1.94. The van der Waals surface area contributed by atoms with Crippen molar-refractivity contribution in [3.8, 4) is 0 Å². The topological polar surface area (TPSA) is 55.6 Å². The number of urea groups is 1. The number of carbonyl (C=O) groups excluding carboxylic acids is 1. The molecule has 0 spiro atoms. The van der Waals surface area contributed by atoms with Crippen LogP contribution in [0.4, 0.5) is 4.79 Å². The number of nitrogens with zero attached hydrogens (tertiary/aromatic N) is 2. The highest BCUT2D eigenvalue weighted by atomic mass is 16.5. The molecule has 0 heterocycles. The highest BCUT2D eigenvalue weighted by molar-refractivity contribution is 5.91. The van der Waals surface area contributed by atoms with Crippen molar-refractivity contribution in [1.82, 2.24) is 10.2 Å². The predicted octanol–water partition coefficient (Wildman–Crippen LogP) is 2.35. The molecule has 0 saturated heterocycles. The van der Waals surface area contributed by atoms with Gasteiger partial charge >= 0.3 is 6.03 Å². The second kappa shape index (κ2) is 6.71. The van der Waals surface area contributed by atoms with E-state index in [4.69, 9.17) is 0 Å². The summed E-state index contributed by atoms with van der Waals surface area (Å²) in [5.74, 6) is 1.25. The Hall–Kier alpha value is -1.88. The van der Waals surface area contributed by atoms with Crippen LogP contribution in [0.3, 0.4) is 0 Å². The third-order valence-corrected chi connectivity index (χ3v) is 5.13. The number of fused-ring (bicyclic) bond motifs is 2. The lowest BCUT2D eigenvalue weighted by Crippen LogP contribution is -2.42. The van der Waals surface area contributed by atoms with Gasteiger partial charge in [-0.2, -0.15) is 4.79 Å². The molecule has 0 radical (unpaired) electrons. The SMILES string of the molecule is CN(C)C[C@@H]1/C(=[N+](\O)C(=O)NCc2ccccc2)[C@H]2CC[C@@H]1C2. The number of amides is 2. The summed E-state index contributed by atoms with van der Waals surface area (Å²) < 4.78 is 0.904. The van der Waals surface area contributed by atoms with Crippen LogP contribution >= 0.6 is 0 Å². The van der Waals surface area contributed by atoms with Gasteiger partial charge in [0.1, 0.15) is 12.3 Å². The highest BCUT2D eigenvalue weighted by Gasteiger charge is 2.49. The standard InChI is InChI=1S/C18H25N3O2/c1-20(2)12-16-14-8-9-15(10-14)17(16)21(23)18(22)19-11-13-6-4-3-5-7-13/h3-7,14-16H,8-12H2,1-2H3,(H-,19,22,23)/p+1/b21-17-/t14-,15+,16+/m1/s1. The monoisotopic (exact) mass is 316 g/mol. The lowest BCUT2D eigenvalue weighted by molar-refractivity contribution is -0.702. The van der Waals surface area contributed by atoms with E-state index < -0.39 is 6.03 Å². The average Bonchev–Trinajstić information content (AvgIpc) is 3.14. The molecule has 2 aliphatic carbocycles. The molecule has 2 saturated carbocycles. The molecule has 2 N–H and O–H groups in total. The number of rotatable bonds is 4. The van der Waals surface area contributed by atoms with Gasteiger partial charge in [0.15, 0.2) is 0 Å². The molecule has 3 rings (SSSR count). The fourth-order valence-corrected chi connectivity index (χ4v) is 4.13. The van der Waals surface area contributed by atoms with Gasteiger partial charge in [0, 0.05) is 18.4 Å². The molecular weight excluding hydrogens is 290 g/mol. The Morgan fingerprint density at radius 2 is 2.04 bits per heavy atom. The smallest absolute Gasteiger partial charge is 0.347 e. The van der Waals surface area contributed by atoms with E-state index in [9.17, 15) is 10.0 Å². The fourth-order valence-electron chi connectivity index (χ4n) is 4.13. The maximum atomic E-state index is 12.3. The molecule has 0 aliphatic heterocycles. The Kier molecular flexibility index (Phi) is 4.66. The van der Waals surface area contributed by atoms with Crippen LogP contribution in [0.15, 0.2) is 30.3 Å². The van der Waals surface area contributed by atoms with Crippen LogP contribution < -0.4 is 5.32 Å². The molecule has 0 aromatic heterocycles. The second-order valence-corrected chi connectivity index (χ2v) is 7.02. The van der Waals surface area contributed by atoms with Crippen LogP contribution in [0.5, 0.6) is 0 Å². The molecule has 2 fully saturated rings. The summed E-state index contributed by atoms with van der Waals surface area (Å²) in [6, 6.07) is 9.33. The van der Waals surface area contributed by atoms with Crippen LogP contribution in [0.1, 0.15) is 24.8 Å². The summed E-state index contributed by atoms with van der Waals surface area (Å²) in [6.07, 6.45) is 3.41. The van der Waals surface area contributed by atoms with E-state index in [0.717, 1.165) is 35.4 Å². The fraction of sp³-hybridized carbons (Fsp3) is 0.556. The Bertz CT molecular complexity index is 598. The van der Waals surface area contributed by atoms with Gasteiger partial charge in [-0.15, -0.1) is 0 Å². The van der Waals surface area contributed by atoms with Crippen molar-refractivity contribution in [2.45, 2.75) is 25.8 Å². The van der Waals surface area contributed by atoms with Gasteiger partial charge in [-0.1, -0.05) is 30.3 Å². The van der Waals surface area contributed by atoms with E-state index in [1.807, 2.05) is 44.4 Å². The zero-order valence-corrected chi connectivity index (χ0v) is 13.9. The Balaban J connectivity index is 1.72. The van der Waals surface area contributed by atoms with Gasteiger partial charge in [-0.25, -0.2) is 5.32 Å². The maximum absolute atomic E-state index is 12.3. The number of hydrogen-bond acceptors (Lipinski definition) is 3. The first-order valence-corrected chi connectivity index (χ1v) is 8.38. The lowest BCUT2D eigenvalue weighted by atomic mass is 9.86. The van der Waals surface area contributed by atoms with E-state index in [1.165, 1.54) is 6.42 Å². The molecule has 124 valence electrons. The molecule has 23 heavy (non-hydrogen) atoms. The van der Waals surface area contributed by atoms with Crippen molar-refractivity contribution < 1.29 is 14.7 Å².